The van der Waals surface area contributed by atoms with Gasteiger partial charge in [-0.15, -0.1) is 0 Å². The highest BCUT2D eigenvalue weighted by molar-refractivity contribution is 6.12. The van der Waals surface area contributed by atoms with E-state index in [2.05, 4.69) is 6.07 Å². The Morgan fingerprint density at radius 3 is 2.33 bits per heavy atom. The van der Waals surface area contributed by atoms with E-state index in [9.17, 15) is 10.1 Å². The Balaban J connectivity index is 1.52. The van der Waals surface area contributed by atoms with Gasteiger partial charge in [0.2, 0.25) is 5.75 Å². The summed E-state index contributed by atoms with van der Waals surface area (Å²) in [6, 6.07) is 21.0. The van der Waals surface area contributed by atoms with Gasteiger partial charge in [0.1, 0.15) is 30.6 Å². The summed E-state index contributed by atoms with van der Waals surface area (Å²) in [5.74, 6) is 1.73. The van der Waals surface area contributed by atoms with Crippen LogP contribution in [0.25, 0.3) is 6.08 Å². The first-order chi connectivity index (χ1) is 17.5. The summed E-state index contributed by atoms with van der Waals surface area (Å²) in [4.78, 5) is 14.8. The van der Waals surface area contributed by atoms with Gasteiger partial charge in [0.05, 0.1) is 14.2 Å². The predicted octanol–water partition coefficient (Wildman–Crippen LogP) is 4.97. The first-order valence-electron chi connectivity index (χ1n) is 11.6. The largest absolute Gasteiger partial charge is 0.493 e. The minimum atomic E-state index is -0.339. The maximum absolute atomic E-state index is 13.2. The van der Waals surface area contributed by atoms with Crippen molar-refractivity contribution in [3.63, 3.8) is 0 Å². The maximum Gasteiger partial charge on any atom is 0.268 e. The molecule has 0 bridgehead atoms. The second-order valence-electron chi connectivity index (χ2n) is 8.22. The number of carbonyl (C=O) groups excluding carboxylic acids is 1. The average molecular weight is 485 g/mol. The molecule has 36 heavy (non-hydrogen) atoms. The number of methoxy groups -OCH3 is 2. The Bertz CT molecular complexity index is 1300. The van der Waals surface area contributed by atoms with Crippen molar-refractivity contribution in [1.82, 2.24) is 0 Å². The molecule has 0 spiro atoms. The number of fused-ring (bicyclic) bond motifs is 1. The number of rotatable bonds is 9. The Labute approximate surface area is 211 Å². The van der Waals surface area contributed by atoms with Crippen molar-refractivity contribution in [2.24, 2.45) is 0 Å². The van der Waals surface area contributed by atoms with Crippen LogP contribution < -0.4 is 23.8 Å². The van der Waals surface area contributed by atoms with E-state index >= 15 is 0 Å². The lowest BCUT2D eigenvalue weighted by molar-refractivity contribution is -0.114. The van der Waals surface area contributed by atoms with Crippen LogP contribution in [0.2, 0.25) is 0 Å². The second-order valence-corrected chi connectivity index (χ2v) is 8.22. The molecular weight excluding hydrogens is 456 g/mol. The quantitative estimate of drug-likeness (QED) is 0.242. The number of benzene rings is 3. The molecule has 0 aliphatic carbocycles. The normalized spacial score (nSPS) is 12.5. The fraction of sp³-hybridized carbons (Fsp3) is 0.241. The predicted molar refractivity (Wildman–Crippen MR) is 138 cm³/mol. The van der Waals surface area contributed by atoms with Crippen LogP contribution in [0, 0.1) is 18.3 Å². The van der Waals surface area contributed by atoms with E-state index in [1.54, 1.807) is 23.1 Å². The summed E-state index contributed by atoms with van der Waals surface area (Å²) < 4.78 is 22.8. The Morgan fingerprint density at radius 1 is 0.972 bits per heavy atom. The molecule has 0 aromatic heterocycles. The van der Waals surface area contributed by atoms with Crippen molar-refractivity contribution in [3.05, 3.63) is 82.9 Å². The van der Waals surface area contributed by atoms with E-state index in [1.807, 2.05) is 55.5 Å². The van der Waals surface area contributed by atoms with Crippen LogP contribution in [0.1, 0.15) is 16.7 Å². The number of hydrogen-bond acceptors (Lipinski definition) is 6. The van der Waals surface area contributed by atoms with Gasteiger partial charge < -0.3 is 23.8 Å². The highest BCUT2D eigenvalue weighted by atomic mass is 16.6. The fourth-order valence-corrected chi connectivity index (χ4v) is 4.14. The molecule has 184 valence electrons. The molecule has 0 N–H and O–H groups in total. The van der Waals surface area contributed by atoms with E-state index in [0.717, 1.165) is 29.0 Å². The van der Waals surface area contributed by atoms with E-state index in [0.29, 0.717) is 36.0 Å². The summed E-state index contributed by atoms with van der Waals surface area (Å²) in [7, 11) is 3.05. The minimum absolute atomic E-state index is 0.0242. The standard InChI is InChI=1S/C29H28N2O5/c1-20-8-4-7-11-25(20)35-14-15-36-28-26(33-2)17-21(18-27(28)34-3)16-23(19-30)29(32)31-13-12-22-9-5-6-10-24(22)31/h4-11,16-18H,12-15H2,1-3H3/b23-16+. The molecule has 0 saturated carbocycles. The van der Waals surface area contributed by atoms with Gasteiger partial charge in [0, 0.05) is 12.2 Å². The van der Waals surface area contributed by atoms with Gasteiger partial charge in [-0.3, -0.25) is 4.79 Å². The highest BCUT2D eigenvalue weighted by Crippen LogP contribution is 2.39. The van der Waals surface area contributed by atoms with Crippen LogP contribution in [0.4, 0.5) is 5.69 Å². The lowest BCUT2D eigenvalue weighted by Crippen LogP contribution is -2.29. The summed E-state index contributed by atoms with van der Waals surface area (Å²) >= 11 is 0. The number of nitrogens with zero attached hydrogens (tertiary/aromatic N) is 2. The lowest BCUT2D eigenvalue weighted by Gasteiger charge is -2.17. The number of aryl methyl sites for hydroxylation is 1. The number of nitriles is 1. The number of hydrogen-bond donors (Lipinski definition) is 0. The van der Waals surface area contributed by atoms with Crippen LogP contribution in [-0.4, -0.2) is 39.9 Å². The molecule has 0 unspecified atom stereocenters. The van der Waals surface area contributed by atoms with Gasteiger partial charge in [0.15, 0.2) is 11.5 Å². The number of ether oxygens (including phenoxy) is 4. The molecule has 3 aromatic rings. The number of para-hydroxylation sites is 2. The summed E-state index contributed by atoms with van der Waals surface area (Å²) in [6.45, 7) is 3.13. The second kappa shape index (κ2) is 11.3. The molecule has 7 heteroatoms. The summed E-state index contributed by atoms with van der Waals surface area (Å²) in [6.07, 6.45) is 2.31. The molecule has 4 rings (SSSR count). The summed E-state index contributed by atoms with van der Waals surface area (Å²) in [5.41, 5.74) is 3.60. The topological polar surface area (TPSA) is 81.0 Å². The molecule has 0 atom stereocenters. The van der Waals surface area contributed by atoms with Crippen molar-refractivity contribution in [2.45, 2.75) is 13.3 Å². The number of anilines is 1. The number of carbonyl (C=O) groups is 1. The van der Waals surface area contributed by atoms with E-state index in [-0.39, 0.29) is 18.1 Å². The van der Waals surface area contributed by atoms with Gasteiger partial charge in [-0.2, -0.15) is 5.26 Å². The first kappa shape index (κ1) is 24.7. The Hall–Kier alpha value is -4.44. The Kier molecular flexibility index (Phi) is 7.76. The van der Waals surface area contributed by atoms with Crippen LogP contribution >= 0.6 is 0 Å². The van der Waals surface area contributed by atoms with Crippen molar-refractivity contribution in [1.29, 1.82) is 5.26 Å². The molecule has 3 aromatic carbocycles. The van der Waals surface area contributed by atoms with Crippen molar-refractivity contribution in [3.8, 4) is 29.1 Å². The SMILES string of the molecule is COc1cc(/C=C(\C#N)C(=O)N2CCc3ccccc32)cc(OC)c1OCCOc1ccccc1C. The molecule has 1 aliphatic rings. The third-order valence-electron chi connectivity index (χ3n) is 5.96. The molecule has 1 heterocycles. The van der Waals surface area contributed by atoms with Gasteiger partial charge in [0.25, 0.3) is 5.91 Å². The van der Waals surface area contributed by atoms with Crippen molar-refractivity contribution in [2.75, 3.05) is 38.9 Å². The highest BCUT2D eigenvalue weighted by Gasteiger charge is 2.27. The van der Waals surface area contributed by atoms with Crippen LogP contribution in [0.5, 0.6) is 23.0 Å². The van der Waals surface area contributed by atoms with Gasteiger partial charge in [-0.05, 0) is 60.4 Å². The van der Waals surface area contributed by atoms with Gasteiger partial charge in [-0.25, -0.2) is 0 Å². The van der Waals surface area contributed by atoms with Crippen LogP contribution in [0.15, 0.2) is 66.2 Å². The molecule has 7 nitrogen and oxygen atoms in total. The smallest absolute Gasteiger partial charge is 0.268 e. The van der Waals surface area contributed by atoms with Crippen molar-refractivity contribution < 1.29 is 23.7 Å². The molecule has 1 amide bonds. The van der Waals surface area contributed by atoms with E-state index < -0.39 is 0 Å². The fourth-order valence-electron chi connectivity index (χ4n) is 4.14. The van der Waals surface area contributed by atoms with Gasteiger partial charge in [-0.1, -0.05) is 36.4 Å². The zero-order valence-electron chi connectivity index (χ0n) is 20.6. The third-order valence-corrected chi connectivity index (χ3v) is 5.96. The minimum Gasteiger partial charge on any atom is -0.493 e. The van der Waals surface area contributed by atoms with Crippen LogP contribution in [-0.2, 0) is 11.2 Å². The third kappa shape index (κ3) is 5.28. The molecule has 0 fully saturated rings. The Morgan fingerprint density at radius 2 is 1.64 bits per heavy atom. The van der Waals surface area contributed by atoms with E-state index in [1.165, 1.54) is 14.2 Å². The molecule has 1 aliphatic heterocycles. The first-order valence-corrected chi connectivity index (χ1v) is 11.6. The molecule has 0 radical (unpaired) electrons. The monoisotopic (exact) mass is 484 g/mol. The van der Waals surface area contributed by atoms with Gasteiger partial charge >= 0.3 is 0 Å². The van der Waals surface area contributed by atoms with E-state index in [4.69, 9.17) is 18.9 Å². The maximum atomic E-state index is 13.2. The lowest BCUT2D eigenvalue weighted by atomic mass is 10.1. The molecular formula is C29H28N2O5. The van der Waals surface area contributed by atoms with Crippen molar-refractivity contribution >= 4 is 17.7 Å². The van der Waals surface area contributed by atoms with Crippen LogP contribution in [0.3, 0.4) is 0 Å². The molecule has 0 saturated heterocycles. The average Bonchev–Trinajstić information content (AvgIpc) is 3.34. The number of amides is 1. The zero-order valence-corrected chi connectivity index (χ0v) is 20.6. The summed E-state index contributed by atoms with van der Waals surface area (Å²) in [5, 5.41) is 9.76. The zero-order chi connectivity index (χ0) is 25.5.